The number of benzene rings is 1. The second-order valence-corrected chi connectivity index (χ2v) is 4.32. The van der Waals surface area contributed by atoms with Crippen molar-refractivity contribution in [3.8, 4) is 0 Å². The Labute approximate surface area is 95.9 Å². The smallest absolute Gasteiger partial charge is 0.0516 e. The Bertz CT molecular complexity index is 459. The van der Waals surface area contributed by atoms with Crippen LogP contribution in [0, 0.1) is 0 Å². The van der Waals surface area contributed by atoms with Crippen LogP contribution in [-0.2, 0) is 13.0 Å². The van der Waals surface area contributed by atoms with Crippen LogP contribution in [0.2, 0.25) is 0 Å². The zero-order chi connectivity index (χ0) is 10.8. The SMILES string of the molecule is c1ccc(CC2NCCn3cccc32)cc1. The summed E-state index contributed by atoms with van der Waals surface area (Å²) in [6.45, 7) is 2.16. The van der Waals surface area contributed by atoms with Crippen molar-refractivity contribution in [1.82, 2.24) is 9.88 Å². The highest BCUT2D eigenvalue weighted by Gasteiger charge is 2.18. The Morgan fingerprint density at radius 1 is 1.12 bits per heavy atom. The fraction of sp³-hybridized carbons (Fsp3) is 0.286. The highest BCUT2D eigenvalue weighted by Crippen LogP contribution is 2.21. The maximum atomic E-state index is 3.59. The number of hydrogen-bond acceptors (Lipinski definition) is 1. The van der Waals surface area contributed by atoms with E-state index in [1.807, 2.05) is 0 Å². The van der Waals surface area contributed by atoms with Gasteiger partial charge in [-0.05, 0) is 24.1 Å². The molecule has 0 aliphatic carbocycles. The third-order valence-corrected chi connectivity index (χ3v) is 3.25. The molecule has 2 heteroatoms. The van der Waals surface area contributed by atoms with Gasteiger partial charge in [-0.25, -0.2) is 0 Å². The molecule has 0 amide bonds. The second-order valence-electron chi connectivity index (χ2n) is 4.32. The van der Waals surface area contributed by atoms with Gasteiger partial charge in [0.15, 0.2) is 0 Å². The largest absolute Gasteiger partial charge is 0.349 e. The predicted octanol–water partition coefficient (Wildman–Crippen LogP) is 2.38. The molecule has 0 radical (unpaired) electrons. The van der Waals surface area contributed by atoms with Crippen LogP contribution in [0.3, 0.4) is 0 Å². The first-order valence-corrected chi connectivity index (χ1v) is 5.86. The fourth-order valence-electron chi connectivity index (χ4n) is 2.44. The third kappa shape index (κ3) is 1.76. The van der Waals surface area contributed by atoms with Crippen LogP contribution in [-0.4, -0.2) is 11.1 Å². The van der Waals surface area contributed by atoms with Crippen LogP contribution in [0.1, 0.15) is 17.3 Å². The number of nitrogens with one attached hydrogen (secondary N) is 1. The molecule has 0 fully saturated rings. The Kier molecular flexibility index (Phi) is 2.50. The van der Waals surface area contributed by atoms with Crippen molar-refractivity contribution in [3.05, 3.63) is 59.9 Å². The normalized spacial score (nSPS) is 19.4. The Morgan fingerprint density at radius 3 is 2.88 bits per heavy atom. The van der Waals surface area contributed by atoms with Crippen molar-refractivity contribution in [2.24, 2.45) is 0 Å². The van der Waals surface area contributed by atoms with E-state index in [0.29, 0.717) is 6.04 Å². The van der Waals surface area contributed by atoms with Crippen molar-refractivity contribution >= 4 is 0 Å². The molecule has 2 heterocycles. The maximum absolute atomic E-state index is 3.59. The first-order valence-electron chi connectivity index (χ1n) is 5.86. The summed E-state index contributed by atoms with van der Waals surface area (Å²) in [5, 5.41) is 3.59. The Hall–Kier alpha value is -1.54. The molecule has 0 saturated carbocycles. The molecule has 1 aliphatic rings. The molecule has 1 unspecified atom stereocenters. The van der Waals surface area contributed by atoms with Gasteiger partial charge in [-0.15, -0.1) is 0 Å². The van der Waals surface area contributed by atoms with Gasteiger partial charge in [-0.2, -0.15) is 0 Å². The molecule has 0 saturated heterocycles. The Morgan fingerprint density at radius 2 is 2.00 bits per heavy atom. The molecule has 2 aromatic rings. The first kappa shape index (κ1) is 9.67. The fourth-order valence-corrected chi connectivity index (χ4v) is 2.44. The van der Waals surface area contributed by atoms with E-state index in [2.05, 4.69) is 58.5 Å². The molecule has 1 aromatic carbocycles. The highest BCUT2D eigenvalue weighted by molar-refractivity contribution is 5.21. The van der Waals surface area contributed by atoms with Crippen LogP contribution >= 0.6 is 0 Å². The zero-order valence-electron chi connectivity index (χ0n) is 9.26. The van der Waals surface area contributed by atoms with Gasteiger partial charge in [0.25, 0.3) is 0 Å². The molecule has 2 nitrogen and oxygen atoms in total. The zero-order valence-corrected chi connectivity index (χ0v) is 9.26. The van der Waals surface area contributed by atoms with Gasteiger partial charge in [0.05, 0.1) is 6.04 Å². The maximum Gasteiger partial charge on any atom is 0.0516 e. The van der Waals surface area contributed by atoms with Crippen LogP contribution < -0.4 is 5.32 Å². The molecule has 16 heavy (non-hydrogen) atoms. The van der Waals surface area contributed by atoms with Gasteiger partial charge < -0.3 is 9.88 Å². The number of fused-ring (bicyclic) bond motifs is 1. The summed E-state index contributed by atoms with van der Waals surface area (Å²) in [6, 6.07) is 15.5. The molecule has 1 aromatic heterocycles. The quantitative estimate of drug-likeness (QED) is 0.808. The Balaban J connectivity index is 1.83. The van der Waals surface area contributed by atoms with E-state index in [9.17, 15) is 0 Å². The summed E-state index contributed by atoms with van der Waals surface area (Å²) in [7, 11) is 0. The average molecular weight is 212 g/mol. The lowest BCUT2D eigenvalue weighted by atomic mass is 10.0. The van der Waals surface area contributed by atoms with E-state index < -0.39 is 0 Å². The van der Waals surface area contributed by atoms with E-state index in [1.165, 1.54) is 11.3 Å². The number of aromatic nitrogens is 1. The summed E-state index contributed by atoms with van der Waals surface area (Å²) in [5.74, 6) is 0. The van der Waals surface area contributed by atoms with E-state index in [-0.39, 0.29) is 0 Å². The lowest BCUT2D eigenvalue weighted by Crippen LogP contribution is -2.33. The summed E-state index contributed by atoms with van der Waals surface area (Å²) >= 11 is 0. The topological polar surface area (TPSA) is 17.0 Å². The van der Waals surface area contributed by atoms with Gasteiger partial charge in [-0.1, -0.05) is 30.3 Å². The van der Waals surface area contributed by atoms with Crippen LogP contribution in [0.4, 0.5) is 0 Å². The molecule has 1 N–H and O–H groups in total. The summed E-state index contributed by atoms with van der Waals surface area (Å²) < 4.78 is 2.35. The van der Waals surface area contributed by atoms with Crippen LogP contribution in [0.5, 0.6) is 0 Å². The van der Waals surface area contributed by atoms with Crippen molar-refractivity contribution in [3.63, 3.8) is 0 Å². The lowest BCUT2D eigenvalue weighted by molar-refractivity contribution is 0.423. The van der Waals surface area contributed by atoms with Crippen LogP contribution in [0.15, 0.2) is 48.7 Å². The molecule has 1 atom stereocenters. The minimum absolute atomic E-state index is 0.464. The molecule has 3 rings (SSSR count). The van der Waals surface area contributed by atoms with E-state index in [0.717, 1.165) is 19.5 Å². The van der Waals surface area contributed by atoms with Crippen LogP contribution in [0.25, 0.3) is 0 Å². The van der Waals surface area contributed by atoms with Crippen molar-refractivity contribution in [1.29, 1.82) is 0 Å². The van der Waals surface area contributed by atoms with Crippen molar-refractivity contribution in [2.45, 2.75) is 19.0 Å². The predicted molar refractivity (Wildman–Crippen MR) is 65.3 cm³/mol. The molecular weight excluding hydrogens is 196 g/mol. The average Bonchev–Trinajstić information content (AvgIpc) is 2.80. The third-order valence-electron chi connectivity index (χ3n) is 3.25. The van der Waals surface area contributed by atoms with Gasteiger partial charge in [-0.3, -0.25) is 0 Å². The van der Waals surface area contributed by atoms with Gasteiger partial charge >= 0.3 is 0 Å². The number of rotatable bonds is 2. The molecule has 82 valence electrons. The molecule has 0 bridgehead atoms. The summed E-state index contributed by atoms with van der Waals surface area (Å²) in [5.41, 5.74) is 2.81. The molecular formula is C14H16N2. The first-order chi connectivity index (χ1) is 7.93. The lowest BCUT2D eigenvalue weighted by Gasteiger charge is -2.26. The highest BCUT2D eigenvalue weighted by atomic mass is 15.1. The van der Waals surface area contributed by atoms with E-state index >= 15 is 0 Å². The van der Waals surface area contributed by atoms with Crippen molar-refractivity contribution < 1.29 is 0 Å². The number of nitrogens with zero attached hydrogens (tertiary/aromatic N) is 1. The minimum atomic E-state index is 0.464. The van der Waals surface area contributed by atoms with Gasteiger partial charge in [0.2, 0.25) is 0 Å². The molecule has 1 aliphatic heterocycles. The standard InChI is InChI=1S/C14H16N2/c1-2-5-12(6-3-1)11-13-14-7-4-9-16(14)10-8-15-13/h1-7,9,13,15H,8,10-11H2. The molecule has 0 spiro atoms. The minimum Gasteiger partial charge on any atom is -0.349 e. The monoisotopic (exact) mass is 212 g/mol. The van der Waals surface area contributed by atoms with E-state index in [1.54, 1.807) is 0 Å². The van der Waals surface area contributed by atoms with Crippen molar-refractivity contribution in [2.75, 3.05) is 6.54 Å². The second kappa shape index (κ2) is 4.14. The van der Waals surface area contributed by atoms with E-state index in [4.69, 9.17) is 0 Å². The summed E-state index contributed by atoms with van der Waals surface area (Å²) in [6.07, 6.45) is 3.25. The van der Waals surface area contributed by atoms with Gasteiger partial charge in [0.1, 0.15) is 0 Å². The summed E-state index contributed by atoms with van der Waals surface area (Å²) in [4.78, 5) is 0. The van der Waals surface area contributed by atoms with Gasteiger partial charge in [0, 0.05) is 25.0 Å². The number of hydrogen-bond donors (Lipinski definition) is 1.